The van der Waals surface area contributed by atoms with Crippen molar-refractivity contribution in [1.29, 1.82) is 0 Å². The van der Waals surface area contributed by atoms with Crippen molar-refractivity contribution in [3.63, 3.8) is 0 Å². The Kier molecular flexibility index (Phi) is 6.83. The van der Waals surface area contributed by atoms with Crippen LogP contribution in [0.15, 0.2) is 74.6 Å². The quantitative estimate of drug-likeness (QED) is 0.240. The Balaban J connectivity index is 1.26. The van der Waals surface area contributed by atoms with Crippen LogP contribution in [0, 0.1) is 0 Å². The molecule has 1 N–H and O–H groups in total. The van der Waals surface area contributed by atoms with E-state index in [1.54, 1.807) is 18.0 Å². The Hall–Kier alpha value is -2.62. The number of carbonyl (C=O) groups excluding carboxylic acids is 1. The summed E-state index contributed by atoms with van der Waals surface area (Å²) in [7, 11) is 1.92. The molecule has 0 saturated carbocycles. The van der Waals surface area contributed by atoms with Crippen LogP contribution in [0.4, 0.5) is 0 Å². The van der Waals surface area contributed by atoms with Gasteiger partial charge in [-0.25, -0.2) is 5.43 Å². The Morgan fingerprint density at radius 1 is 1.10 bits per heavy atom. The molecule has 0 radical (unpaired) electrons. The molecular weight excluding hydrogens is 434 g/mol. The summed E-state index contributed by atoms with van der Waals surface area (Å²) in [6.07, 6.45) is 3.54. The number of carbonyl (C=O) groups is 1. The van der Waals surface area contributed by atoms with Gasteiger partial charge >= 0.3 is 0 Å². The molecule has 0 saturated heterocycles. The molecular formula is C21H19N5OS3. The maximum absolute atomic E-state index is 12.0. The van der Waals surface area contributed by atoms with Gasteiger partial charge in [0.05, 0.1) is 17.7 Å². The summed E-state index contributed by atoms with van der Waals surface area (Å²) in [6.45, 7) is 0. The minimum absolute atomic E-state index is 0.175. The summed E-state index contributed by atoms with van der Waals surface area (Å²) in [6, 6.07) is 18.6. The molecule has 0 unspecified atom stereocenters. The number of benzene rings is 2. The molecule has 2 aromatic heterocycles. The van der Waals surface area contributed by atoms with Crippen LogP contribution in [-0.4, -0.2) is 32.6 Å². The fourth-order valence-electron chi connectivity index (χ4n) is 2.81. The molecule has 6 nitrogen and oxygen atoms in total. The van der Waals surface area contributed by atoms with E-state index in [1.165, 1.54) is 39.4 Å². The zero-order valence-corrected chi connectivity index (χ0v) is 18.6. The van der Waals surface area contributed by atoms with E-state index >= 15 is 0 Å². The average Bonchev–Trinajstić information content (AvgIpc) is 3.39. The number of amides is 1. The highest BCUT2D eigenvalue weighted by Crippen LogP contribution is 2.32. The summed E-state index contributed by atoms with van der Waals surface area (Å²) in [4.78, 5) is 12.0. The van der Waals surface area contributed by atoms with Crippen molar-refractivity contribution in [2.45, 2.75) is 14.4 Å². The molecule has 0 fully saturated rings. The molecule has 2 heterocycles. The van der Waals surface area contributed by atoms with Crippen molar-refractivity contribution in [3.05, 3.63) is 72.1 Å². The van der Waals surface area contributed by atoms with Crippen molar-refractivity contribution in [1.82, 2.24) is 20.2 Å². The van der Waals surface area contributed by atoms with E-state index in [-0.39, 0.29) is 11.7 Å². The molecule has 1 amide bonds. The smallest absolute Gasteiger partial charge is 0.250 e. The van der Waals surface area contributed by atoms with Gasteiger partial charge in [0, 0.05) is 19.0 Å². The number of rotatable bonds is 8. The number of hydrazone groups is 1. The molecule has 0 aliphatic heterocycles. The first kappa shape index (κ1) is 20.6. The minimum atomic E-state index is -0.175. The van der Waals surface area contributed by atoms with Crippen LogP contribution in [0.5, 0.6) is 0 Å². The van der Waals surface area contributed by atoms with E-state index in [4.69, 9.17) is 0 Å². The topological polar surface area (TPSA) is 72.2 Å². The monoisotopic (exact) mass is 453 g/mol. The third-order valence-corrected chi connectivity index (χ3v) is 7.55. The van der Waals surface area contributed by atoms with Crippen LogP contribution in [0.2, 0.25) is 0 Å². The highest BCUT2D eigenvalue weighted by molar-refractivity contribution is 8.03. The number of aromatic nitrogens is 3. The van der Waals surface area contributed by atoms with Gasteiger partial charge in [0.2, 0.25) is 0 Å². The average molecular weight is 454 g/mol. The molecule has 2 aromatic carbocycles. The van der Waals surface area contributed by atoms with E-state index in [0.717, 1.165) is 20.1 Å². The van der Waals surface area contributed by atoms with Gasteiger partial charge in [-0.1, -0.05) is 77.3 Å². The lowest BCUT2D eigenvalue weighted by Gasteiger charge is -2.04. The number of nitrogens with zero attached hydrogens (tertiary/aromatic N) is 4. The van der Waals surface area contributed by atoms with Crippen molar-refractivity contribution in [2.75, 3.05) is 5.75 Å². The lowest BCUT2D eigenvalue weighted by molar-refractivity contribution is -0.118. The number of thioether (sulfide) groups is 2. The van der Waals surface area contributed by atoms with Gasteiger partial charge in [-0.2, -0.15) is 5.10 Å². The van der Waals surface area contributed by atoms with E-state index < -0.39 is 0 Å². The SMILES string of the molecule is Cn1cccc1/C=N\NC(=O)CSc1nnc(SCc2cccc3ccccc23)s1. The summed E-state index contributed by atoms with van der Waals surface area (Å²) in [5, 5.41) is 14.9. The molecule has 0 aliphatic rings. The first-order chi connectivity index (χ1) is 14.7. The predicted octanol–water partition coefficient (Wildman–Crippen LogP) is 4.56. The second-order valence-electron chi connectivity index (χ2n) is 6.39. The second kappa shape index (κ2) is 9.92. The molecule has 0 aliphatic carbocycles. The Morgan fingerprint density at radius 3 is 2.73 bits per heavy atom. The molecule has 9 heteroatoms. The van der Waals surface area contributed by atoms with Crippen molar-refractivity contribution < 1.29 is 4.79 Å². The number of nitrogens with one attached hydrogen (secondary N) is 1. The molecule has 4 aromatic rings. The number of fused-ring (bicyclic) bond motifs is 1. The van der Waals surface area contributed by atoms with Crippen LogP contribution < -0.4 is 5.43 Å². The van der Waals surface area contributed by atoms with Crippen LogP contribution >= 0.6 is 34.9 Å². The van der Waals surface area contributed by atoms with Crippen molar-refractivity contribution in [3.8, 4) is 0 Å². The summed E-state index contributed by atoms with van der Waals surface area (Å²) in [5.74, 6) is 0.896. The fraction of sp³-hybridized carbons (Fsp3) is 0.143. The van der Waals surface area contributed by atoms with Gasteiger partial charge in [-0.15, -0.1) is 10.2 Å². The lowest BCUT2D eigenvalue weighted by Crippen LogP contribution is -2.19. The predicted molar refractivity (Wildman–Crippen MR) is 125 cm³/mol. The van der Waals surface area contributed by atoms with E-state index in [1.807, 2.05) is 29.9 Å². The summed E-state index contributed by atoms with van der Waals surface area (Å²) >= 11 is 4.53. The van der Waals surface area contributed by atoms with E-state index in [0.29, 0.717) is 0 Å². The van der Waals surface area contributed by atoms with Crippen molar-refractivity contribution >= 4 is 57.8 Å². The third-order valence-electron chi connectivity index (χ3n) is 4.32. The molecule has 152 valence electrons. The number of hydrogen-bond donors (Lipinski definition) is 1. The maximum atomic E-state index is 12.0. The third kappa shape index (κ3) is 5.29. The highest BCUT2D eigenvalue weighted by Gasteiger charge is 2.09. The summed E-state index contributed by atoms with van der Waals surface area (Å²) in [5.41, 5.74) is 4.73. The van der Waals surface area contributed by atoms with Gasteiger partial charge in [0.1, 0.15) is 0 Å². The van der Waals surface area contributed by atoms with Crippen LogP contribution in [0.1, 0.15) is 11.3 Å². The number of hydrogen-bond acceptors (Lipinski definition) is 7. The Bertz CT molecular complexity index is 1180. The standard InChI is InChI=1S/C21H19N5OS3/c1-26-11-5-9-17(26)12-22-23-19(27)14-29-21-25-24-20(30-21)28-13-16-8-4-7-15-6-2-3-10-18(15)16/h2-12H,13-14H2,1H3,(H,23,27)/b22-12-. The summed E-state index contributed by atoms with van der Waals surface area (Å²) < 4.78 is 3.59. The number of aryl methyl sites for hydroxylation is 1. The van der Waals surface area contributed by atoms with Crippen LogP contribution in [-0.2, 0) is 17.6 Å². The molecule has 0 bridgehead atoms. The van der Waals surface area contributed by atoms with Crippen LogP contribution in [0.25, 0.3) is 10.8 Å². The first-order valence-electron chi connectivity index (χ1n) is 9.18. The molecule has 4 rings (SSSR count). The second-order valence-corrected chi connectivity index (χ2v) is 9.81. The largest absolute Gasteiger partial charge is 0.350 e. The van der Waals surface area contributed by atoms with E-state index in [2.05, 4.69) is 63.2 Å². The van der Waals surface area contributed by atoms with Gasteiger partial charge in [0.15, 0.2) is 8.68 Å². The molecule has 0 spiro atoms. The molecule has 30 heavy (non-hydrogen) atoms. The lowest BCUT2D eigenvalue weighted by atomic mass is 10.1. The zero-order chi connectivity index (χ0) is 20.8. The minimum Gasteiger partial charge on any atom is -0.350 e. The van der Waals surface area contributed by atoms with Gasteiger partial charge < -0.3 is 4.57 Å². The Morgan fingerprint density at radius 2 is 1.90 bits per heavy atom. The zero-order valence-electron chi connectivity index (χ0n) is 16.2. The maximum Gasteiger partial charge on any atom is 0.250 e. The fourth-order valence-corrected chi connectivity index (χ4v) is 5.63. The highest BCUT2D eigenvalue weighted by atomic mass is 32.2. The van der Waals surface area contributed by atoms with E-state index in [9.17, 15) is 4.79 Å². The van der Waals surface area contributed by atoms with Gasteiger partial charge in [0.25, 0.3) is 5.91 Å². The van der Waals surface area contributed by atoms with Gasteiger partial charge in [-0.05, 0) is 28.5 Å². The molecule has 0 atom stereocenters. The normalized spacial score (nSPS) is 11.4. The van der Waals surface area contributed by atoms with Crippen molar-refractivity contribution in [2.24, 2.45) is 12.1 Å². The Labute approximate surface area is 186 Å². The first-order valence-corrected chi connectivity index (χ1v) is 12.0. The van der Waals surface area contributed by atoms with Crippen LogP contribution in [0.3, 0.4) is 0 Å². The van der Waals surface area contributed by atoms with Gasteiger partial charge in [-0.3, -0.25) is 4.79 Å².